The smallest absolute Gasteiger partial charge is 0.305 e. The second-order valence-corrected chi connectivity index (χ2v) is 17.8. The molecule has 1 heterocycles. The Balaban J connectivity index is 0.953. The van der Waals surface area contributed by atoms with Gasteiger partial charge in [0, 0.05) is 63.6 Å². The molecule has 55 heavy (non-hydrogen) atoms. The second-order valence-electron chi connectivity index (χ2n) is 15.0. The number of esters is 1. The fourth-order valence-corrected chi connectivity index (χ4v) is 11.2. The Morgan fingerprint density at radius 3 is 2.40 bits per heavy atom. The van der Waals surface area contributed by atoms with E-state index in [1.165, 1.54) is 11.1 Å². The molecule has 296 valence electrons. The fraction of sp³-hybridized carbons (Fsp3) is 0.511. The number of benzene rings is 3. The number of ether oxygens (including phenoxy) is 4. The van der Waals surface area contributed by atoms with Crippen LogP contribution in [-0.2, 0) is 42.4 Å². The summed E-state index contributed by atoms with van der Waals surface area (Å²) in [6.45, 7) is 1.68. The third-order valence-corrected chi connectivity index (χ3v) is 14.3. The standard InChI is InChI=1S/C45H56ClNO6S2/c1-47-22-21-45-29-39(48)40(50-2)27-36(45)38(47)26-35-37(46)28-41(51-3)44(43(35)45)53-24-13-12-23-52-42(49)19-11-10-18-34(55-31-33-16-8-5-9-17-33)20-25-54-30-32-14-6-4-7-15-32/h4-9,14-17,27-28,34,36,38H,10-13,18-26,29-31H2,1-3H3/t34?,36?,38-,45+/m0/s1. The number of fused-ring (bicyclic) bond motifs is 1. The zero-order valence-corrected chi connectivity index (χ0v) is 35.0. The van der Waals surface area contributed by atoms with Gasteiger partial charge in [-0.1, -0.05) is 78.7 Å². The maximum absolute atomic E-state index is 13.3. The first-order valence-electron chi connectivity index (χ1n) is 19.8. The number of likely N-dealkylation sites (N-methyl/N-ethyl adjacent to an activating group) is 1. The third-order valence-electron chi connectivity index (χ3n) is 11.5. The van der Waals surface area contributed by atoms with Crippen LogP contribution in [0.15, 0.2) is 78.6 Å². The molecule has 7 nitrogen and oxygen atoms in total. The molecule has 1 aliphatic heterocycles. The molecule has 2 bridgehead atoms. The topological polar surface area (TPSA) is 74.3 Å². The molecular weight excluding hydrogens is 750 g/mol. The first kappa shape index (κ1) is 41.5. The number of piperidine rings is 1. The van der Waals surface area contributed by atoms with E-state index in [1.807, 2.05) is 35.7 Å². The highest BCUT2D eigenvalue weighted by molar-refractivity contribution is 7.99. The number of ketones is 1. The van der Waals surface area contributed by atoms with E-state index in [9.17, 15) is 9.59 Å². The highest BCUT2D eigenvalue weighted by Gasteiger charge is 2.57. The normalized spacial score (nSPS) is 20.9. The molecule has 0 N–H and O–H groups in total. The van der Waals surface area contributed by atoms with Crippen molar-refractivity contribution in [3.05, 3.63) is 106 Å². The van der Waals surface area contributed by atoms with E-state index in [-0.39, 0.29) is 23.7 Å². The summed E-state index contributed by atoms with van der Waals surface area (Å²) in [6, 6.07) is 23.4. The molecule has 10 heteroatoms. The van der Waals surface area contributed by atoms with E-state index in [1.54, 1.807) is 14.2 Å². The summed E-state index contributed by atoms with van der Waals surface area (Å²) in [5.74, 6) is 4.88. The average Bonchev–Trinajstić information content (AvgIpc) is 3.20. The Labute approximate surface area is 341 Å². The van der Waals surface area contributed by atoms with Gasteiger partial charge < -0.3 is 23.8 Å². The Kier molecular flexibility index (Phi) is 15.4. The zero-order chi connectivity index (χ0) is 38.6. The third kappa shape index (κ3) is 10.4. The molecule has 3 aromatic rings. The summed E-state index contributed by atoms with van der Waals surface area (Å²) < 4.78 is 23.5. The SMILES string of the molecule is COC1=CC2[C@@H]3Cc4c(Cl)cc(OC)c(OCCCCOC(=O)CCCCC(CCSCc5ccccc5)SCc5ccccc5)c4[C@]2(CCN3C)CC1=O. The van der Waals surface area contributed by atoms with Gasteiger partial charge in [-0.2, -0.15) is 23.5 Å². The predicted molar refractivity (Wildman–Crippen MR) is 226 cm³/mol. The number of halogens is 1. The minimum Gasteiger partial charge on any atom is -0.493 e. The van der Waals surface area contributed by atoms with Gasteiger partial charge in [-0.05, 0) is 87.1 Å². The van der Waals surface area contributed by atoms with Crippen LogP contribution in [-0.4, -0.2) is 74.7 Å². The van der Waals surface area contributed by atoms with E-state index in [2.05, 4.69) is 72.6 Å². The maximum atomic E-state index is 13.3. The van der Waals surface area contributed by atoms with Crippen molar-refractivity contribution in [2.75, 3.05) is 46.8 Å². The largest absolute Gasteiger partial charge is 0.493 e. The molecule has 6 rings (SSSR count). The van der Waals surface area contributed by atoms with Gasteiger partial charge in [0.2, 0.25) is 0 Å². The van der Waals surface area contributed by atoms with Crippen LogP contribution in [0.4, 0.5) is 0 Å². The van der Waals surface area contributed by atoms with Crippen molar-refractivity contribution < 1.29 is 28.5 Å². The highest BCUT2D eigenvalue weighted by atomic mass is 35.5. The van der Waals surface area contributed by atoms with Gasteiger partial charge in [-0.25, -0.2) is 0 Å². The summed E-state index contributed by atoms with van der Waals surface area (Å²) in [4.78, 5) is 28.4. The fourth-order valence-electron chi connectivity index (χ4n) is 8.54. The van der Waals surface area contributed by atoms with Crippen molar-refractivity contribution in [2.24, 2.45) is 5.92 Å². The van der Waals surface area contributed by atoms with Crippen LogP contribution >= 0.6 is 35.1 Å². The Bertz CT molecular complexity index is 1760. The number of allylic oxidation sites excluding steroid dienone is 1. The highest BCUT2D eigenvalue weighted by Crippen LogP contribution is 2.59. The quantitative estimate of drug-likeness (QED) is 0.0773. The molecule has 0 saturated carbocycles. The monoisotopic (exact) mass is 805 g/mol. The number of likely N-dealkylation sites (tertiary alicyclic amines) is 1. The lowest BCUT2D eigenvalue weighted by atomic mass is 9.53. The number of thioether (sulfide) groups is 2. The average molecular weight is 807 g/mol. The van der Waals surface area contributed by atoms with Gasteiger partial charge in [0.05, 0.1) is 27.4 Å². The number of Topliss-reactive ketones (excluding diaryl/α,β-unsaturated/α-hetero) is 1. The lowest BCUT2D eigenvalue weighted by Gasteiger charge is -2.56. The summed E-state index contributed by atoms with van der Waals surface area (Å²) >= 11 is 11.0. The number of methoxy groups -OCH3 is 2. The van der Waals surface area contributed by atoms with Crippen LogP contribution < -0.4 is 9.47 Å². The predicted octanol–water partition coefficient (Wildman–Crippen LogP) is 9.85. The van der Waals surface area contributed by atoms with Crippen LogP contribution in [0.5, 0.6) is 11.5 Å². The Morgan fingerprint density at radius 1 is 0.945 bits per heavy atom. The number of carbonyl (C=O) groups is 2. The van der Waals surface area contributed by atoms with Crippen molar-refractivity contribution in [2.45, 2.75) is 92.4 Å². The zero-order valence-electron chi connectivity index (χ0n) is 32.6. The van der Waals surface area contributed by atoms with Crippen molar-refractivity contribution in [3.63, 3.8) is 0 Å². The van der Waals surface area contributed by atoms with E-state index in [4.69, 9.17) is 30.5 Å². The Hall–Kier alpha value is -3.11. The summed E-state index contributed by atoms with van der Waals surface area (Å²) in [7, 11) is 5.35. The molecule has 3 aromatic carbocycles. The Morgan fingerprint density at radius 2 is 1.67 bits per heavy atom. The van der Waals surface area contributed by atoms with Gasteiger partial charge in [-0.3, -0.25) is 9.59 Å². The molecule has 3 aliphatic rings. The number of nitrogens with zero attached hydrogens (tertiary/aromatic N) is 1. The summed E-state index contributed by atoms with van der Waals surface area (Å²) in [5, 5.41) is 1.21. The van der Waals surface area contributed by atoms with Crippen molar-refractivity contribution in [3.8, 4) is 11.5 Å². The van der Waals surface area contributed by atoms with Gasteiger partial charge in [0.25, 0.3) is 0 Å². The first-order valence-corrected chi connectivity index (χ1v) is 22.4. The minimum atomic E-state index is -0.436. The molecule has 0 radical (unpaired) electrons. The molecule has 4 atom stereocenters. The lowest BCUT2D eigenvalue weighted by Crippen LogP contribution is -2.60. The molecule has 2 unspecified atom stereocenters. The van der Waals surface area contributed by atoms with Crippen molar-refractivity contribution >= 4 is 46.9 Å². The van der Waals surface area contributed by atoms with Gasteiger partial charge in [0.1, 0.15) is 0 Å². The lowest BCUT2D eigenvalue weighted by molar-refractivity contribution is -0.144. The van der Waals surface area contributed by atoms with Crippen LogP contribution in [0.1, 0.15) is 80.0 Å². The van der Waals surface area contributed by atoms with Crippen LogP contribution in [0.3, 0.4) is 0 Å². The van der Waals surface area contributed by atoms with Crippen LogP contribution in [0.2, 0.25) is 5.02 Å². The van der Waals surface area contributed by atoms with E-state index >= 15 is 0 Å². The molecule has 1 saturated heterocycles. The van der Waals surface area contributed by atoms with Crippen molar-refractivity contribution in [1.29, 1.82) is 0 Å². The van der Waals surface area contributed by atoms with E-state index in [0.29, 0.717) is 66.4 Å². The van der Waals surface area contributed by atoms with E-state index < -0.39 is 5.41 Å². The van der Waals surface area contributed by atoms with Gasteiger partial charge >= 0.3 is 5.97 Å². The first-order chi connectivity index (χ1) is 26.8. The van der Waals surface area contributed by atoms with Crippen LogP contribution in [0, 0.1) is 5.92 Å². The van der Waals surface area contributed by atoms with Gasteiger partial charge in [-0.15, -0.1) is 0 Å². The molecule has 1 fully saturated rings. The maximum Gasteiger partial charge on any atom is 0.305 e. The van der Waals surface area contributed by atoms with Gasteiger partial charge in [0.15, 0.2) is 23.0 Å². The molecule has 0 amide bonds. The second kappa shape index (κ2) is 20.4. The number of unbranched alkanes of at least 4 members (excludes halogenated alkanes) is 2. The molecule has 0 aromatic heterocycles. The molecule has 2 aliphatic carbocycles. The number of hydrogen-bond donors (Lipinski definition) is 0. The summed E-state index contributed by atoms with van der Waals surface area (Å²) in [6.07, 6.45) is 9.93. The number of hydrogen-bond acceptors (Lipinski definition) is 9. The van der Waals surface area contributed by atoms with Crippen LogP contribution in [0.25, 0.3) is 0 Å². The number of carbonyl (C=O) groups excluding carboxylic acids is 2. The minimum absolute atomic E-state index is 0.0111. The summed E-state index contributed by atoms with van der Waals surface area (Å²) in [5.41, 5.74) is 4.36. The molecule has 0 spiro atoms. The van der Waals surface area contributed by atoms with E-state index in [0.717, 1.165) is 73.5 Å². The molecular formula is C45H56ClNO6S2. The van der Waals surface area contributed by atoms with Crippen molar-refractivity contribution in [1.82, 2.24) is 4.90 Å². The number of rotatable bonds is 21.